The number of hydrogen-bond donors (Lipinski definition) is 2. The molecule has 1 aromatic heterocycles. The summed E-state index contributed by atoms with van der Waals surface area (Å²) in [5.74, 6) is -0.556. The lowest BCUT2D eigenvalue weighted by atomic mass is 10.2. The number of primary amides is 1. The predicted molar refractivity (Wildman–Crippen MR) is 56.6 cm³/mol. The molecule has 0 saturated heterocycles. The summed E-state index contributed by atoms with van der Waals surface area (Å²) in [6.07, 6.45) is 3.09. The van der Waals surface area contributed by atoms with Gasteiger partial charge in [-0.25, -0.2) is 4.79 Å². The Kier molecular flexibility index (Phi) is 2.47. The zero-order valence-electron chi connectivity index (χ0n) is 8.18. The van der Waals surface area contributed by atoms with Crippen LogP contribution in [0.4, 0.5) is 4.79 Å². The fraction of sp³-hybridized carbons (Fsp3) is 0. The third-order valence-electron chi connectivity index (χ3n) is 1.97. The van der Waals surface area contributed by atoms with Gasteiger partial charge >= 0.3 is 6.03 Å². The van der Waals surface area contributed by atoms with Crippen molar-refractivity contribution in [2.45, 2.75) is 0 Å². The number of carbonyl (C=O) groups is 2. The third-order valence-corrected chi connectivity index (χ3v) is 1.97. The fourth-order valence-electron chi connectivity index (χ4n) is 1.29. The number of nitrogens with zero attached hydrogens (tertiary/aromatic N) is 2. The van der Waals surface area contributed by atoms with E-state index in [2.05, 4.69) is 9.97 Å². The van der Waals surface area contributed by atoms with E-state index in [4.69, 9.17) is 5.73 Å². The number of benzene rings is 1. The lowest BCUT2D eigenvalue weighted by Gasteiger charge is -2.01. The highest BCUT2D eigenvalue weighted by Crippen LogP contribution is 2.10. The van der Waals surface area contributed by atoms with Crippen LogP contribution in [0.1, 0.15) is 10.4 Å². The zero-order chi connectivity index (χ0) is 11.5. The summed E-state index contributed by atoms with van der Waals surface area (Å²) in [6, 6.07) is 3.86. The second-order valence-corrected chi connectivity index (χ2v) is 3.08. The van der Waals surface area contributed by atoms with Crippen molar-refractivity contribution in [1.29, 1.82) is 0 Å². The maximum absolute atomic E-state index is 11.4. The number of carbonyl (C=O) groups excluding carboxylic acids is 2. The van der Waals surface area contributed by atoms with Gasteiger partial charge in [-0.3, -0.25) is 20.1 Å². The van der Waals surface area contributed by atoms with Crippen molar-refractivity contribution in [1.82, 2.24) is 15.3 Å². The molecule has 3 N–H and O–H groups in total. The standard InChI is InChI=1S/C10H8N4O2/c11-10(16)14-9(15)6-1-2-7-8(5-6)13-4-3-12-7/h1-5H,(H3,11,14,15,16). The van der Waals surface area contributed by atoms with E-state index in [1.165, 1.54) is 6.20 Å². The summed E-state index contributed by atoms with van der Waals surface area (Å²) in [4.78, 5) is 30.0. The summed E-state index contributed by atoms with van der Waals surface area (Å²) in [5, 5.41) is 1.98. The molecule has 16 heavy (non-hydrogen) atoms. The Labute approximate surface area is 90.5 Å². The van der Waals surface area contributed by atoms with E-state index < -0.39 is 11.9 Å². The van der Waals surface area contributed by atoms with Gasteiger partial charge in [0.1, 0.15) is 0 Å². The number of aromatic nitrogens is 2. The van der Waals surface area contributed by atoms with Crippen LogP contribution < -0.4 is 11.1 Å². The van der Waals surface area contributed by atoms with Crippen molar-refractivity contribution >= 4 is 23.0 Å². The highest BCUT2D eigenvalue weighted by Gasteiger charge is 2.08. The summed E-state index contributed by atoms with van der Waals surface area (Å²) in [7, 11) is 0. The van der Waals surface area contributed by atoms with Crippen molar-refractivity contribution in [3.63, 3.8) is 0 Å². The molecule has 3 amide bonds. The Bertz CT molecular complexity index is 568. The number of urea groups is 1. The van der Waals surface area contributed by atoms with Crippen LogP contribution in [0.25, 0.3) is 11.0 Å². The maximum atomic E-state index is 11.4. The molecule has 6 heteroatoms. The van der Waals surface area contributed by atoms with Crippen molar-refractivity contribution in [2.24, 2.45) is 5.73 Å². The Morgan fingerprint density at radius 2 is 1.81 bits per heavy atom. The molecule has 1 aromatic carbocycles. The smallest absolute Gasteiger partial charge is 0.319 e. The Balaban J connectivity index is 2.39. The van der Waals surface area contributed by atoms with Crippen LogP contribution in [0.5, 0.6) is 0 Å². The number of fused-ring (bicyclic) bond motifs is 1. The molecule has 2 aromatic rings. The number of hydrogen-bond acceptors (Lipinski definition) is 4. The van der Waals surface area contributed by atoms with Crippen LogP contribution in [0.15, 0.2) is 30.6 Å². The first-order valence-electron chi connectivity index (χ1n) is 4.48. The summed E-state index contributed by atoms with van der Waals surface area (Å²) in [6.45, 7) is 0. The van der Waals surface area contributed by atoms with Gasteiger partial charge in [0, 0.05) is 18.0 Å². The van der Waals surface area contributed by atoms with Crippen LogP contribution in [-0.4, -0.2) is 21.9 Å². The van der Waals surface area contributed by atoms with Crippen LogP contribution in [0.3, 0.4) is 0 Å². The molecule has 1 heterocycles. The molecule has 0 atom stereocenters. The first-order chi connectivity index (χ1) is 7.66. The van der Waals surface area contributed by atoms with Crippen LogP contribution >= 0.6 is 0 Å². The second kappa shape index (κ2) is 3.93. The monoisotopic (exact) mass is 216 g/mol. The molecule has 80 valence electrons. The van der Waals surface area contributed by atoms with E-state index in [-0.39, 0.29) is 0 Å². The average molecular weight is 216 g/mol. The van der Waals surface area contributed by atoms with Crippen molar-refractivity contribution in [3.05, 3.63) is 36.2 Å². The minimum atomic E-state index is -0.885. The van der Waals surface area contributed by atoms with Crippen molar-refractivity contribution in [2.75, 3.05) is 0 Å². The van der Waals surface area contributed by atoms with Gasteiger partial charge in [-0.05, 0) is 18.2 Å². The van der Waals surface area contributed by atoms with Crippen molar-refractivity contribution < 1.29 is 9.59 Å². The summed E-state index contributed by atoms with van der Waals surface area (Å²) < 4.78 is 0. The summed E-state index contributed by atoms with van der Waals surface area (Å²) >= 11 is 0. The van der Waals surface area contributed by atoms with Crippen LogP contribution in [-0.2, 0) is 0 Å². The van der Waals surface area contributed by atoms with Gasteiger partial charge in [0.2, 0.25) is 0 Å². The van der Waals surface area contributed by atoms with Crippen LogP contribution in [0, 0.1) is 0 Å². The van der Waals surface area contributed by atoms with E-state index in [0.29, 0.717) is 16.6 Å². The van der Waals surface area contributed by atoms with E-state index in [0.717, 1.165) is 0 Å². The van der Waals surface area contributed by atoms with Crippen molar-refractivity contribution in [3.8, 4) is 0 Å². The molecule has 0 aliphatic rings. The van der Waals surface area contributed by atoms with Gasteiger partial charge in [-0.2, -0.15) is 0 Å². The largest absolute Gasteiger partial charge is 0.351 e. The van der Waals surface area contributed by atoms with Gasteiger partial charge in [0.05, 0.1) is 11.0 Å². The molecule has 0 radical (unpaired) electrons. The first kappa shape index (κ1) is 10.0. The van der Waals surface area contributed by atoms with E-state index in [1.807, 2.05) is 5.32 Å². The number of imide groups is 1. The van der Waals surface area contributed by atoms with Gasteiger partial charge in [-0.1, -0.05) is 0 Å². The Morgan fingerprint density at radius 3 is 2.50 bits per heavy atom. The minimum absolute atomic E-state index is 0.312. The molecule has 0 saturated carbocycles. The summed E-state index contributed by atoms with van der Waals surface area (Å²) in [5.41, 5.74) is 6.42. The normalized spacial score (nSPS) is 10.0. The SMILES string of the molecule is NC(=O)NC(=O)c1ccc2nccnc2c1. The average Bonchev–Trinajstić information content (AvgIpc) is 2.27. The lowest BCUT2D eigenvalue weighted by Crippen LogP contribution is -2.34. The first-order valence-corrected chi connectivity index (χ1v) is 4.48. The van der Waals surface area contributed by atoms with E-state index >= 15 is 0 Å². The molecule has 6 nitrogen and oxygen atoms in total. The molecule has 0 spiro atoms. The molecule has 0 aliphatic heterocycles. The Hall–Kier alpha value is -2.50. The topological polar surface area (TPSA) is 98.0 Å². The maximum Gasteiger partial charge on any atom is 0.319 e. The highest BCUT2D eigenvalue weighted by atomic mass is 16.2. The molecular formula is C10H8N4O2. The van der Waals surface area contributed by atoms with Gasteiger partial charge < -0.3 is 5.73 Å². The number of rotatable bonds is 1. The highest BCUT2D eigenvalue weighted by molar-refractivity contribution is 6.05. The molecular weight excluding hydrogens is 208 g/mol. The van der Waals surface area contributed by atoms with Gasteiger partial charge in [-0.15, -0.1) is 0 Å². The molecule has 2 rings (SSSR count). The zero-order valence-corrected chi connectivity index (χ0v) is 8.18. The van der Waals surface area contributed by atoms with Gasteiger partial charge in [0.25, 0.3) is 5.91 Å². The lowest BCUT2D eigenvalue weighted by molar-refractivity contribution is 0.0966. The van der Waals surface area contributed by atoms with Gasteiger partial charge in [0.15, 0.2) is 0 Å². The number of nitrogens with one attached hydrogen (secondary N) is 1. The second-order valence-electron chi connectivity index (χ2n) is 3.08. The Morgan fingerprint density at radius 1 is 1.12 bits per heavy atom. The number of amides is 3. The molecule has 0 fully saturated rings. The molecule has 0 aliphatic carbocycles. The molecule has 0 bridgehead atoms. The molecule has 0 unspecified atom stereocenters. The van der Waals surface area contributed by atoms with Crippen LogP contribution in [0.2, 0.25) is 0 Å². The predicted octanol–water partition coefficient (Wildman–Crippen LogP) is 0.438. The quantitative estimate of drug-likeness (QED) is 0.722. The van der Waals surface area contributed by atoms with E-state index in [9.17, 15) is 9.59 Å². The number of nitrogens with two attached hydrogens (primary N) is 1. The third kappa shape index (κ3) is 1.95. The van der Waals surface area contributed by atoms with E-state index in [1.54, 1.807) is 24.4 Å². The fourth-order valence-corrected chi connectivity index (χ4v) is 1.29. The minimum Gasteiger partial charge on any atom is -0.351 e.